The zero-order chi connectivity index (χ0) is 13.0. The summed E-state index contributed by atoms with van der Waals surface area (Å²) < 4.78 is 2.01. The lowest BCUT2D eigenvalue weighted by atomic mass is 9.99. The van der Waals surface area contributed by atoms with Crippen molar-refractivity contribution in [3.63, 3.8) is 0 Å². The zero-order valence-electron chi connectivity index (χ0n) is 10.9. The third-order valence-electron chi connectivity index (χ3n) is 3.15. The number of nitrogens with zero attached hydrogens (tertiary/aromatic N) is 2. The van der Waals surface area contributed by atoms with Gasteiger partial charge in [0.25, 0.3) is 0 Å². The van der Waals surface area contributed by atoms with Crippen LogP contribution in [-0.2, 0) is 6.54 Å². The van der Waals surface area contributed by atoms with E-state index >= 15 is 0 Å². The van der Waals surface area contributed by atoms with Gasteiger partial charge in [-0.2, -0.15) is 5.10 Å². The highest BCUT2D eigenvalue weighted by Crippen LogP contribution is 2.23. The molecule has 0 spiro atoms. The minimum absolute atomic E-state index is 0.0137. The van der Waals surface area contributed by atoms with E-state index in [2.05, 4.69) is 36.5 Å². The first kappa shape index (κ1) is 12.8. The Labute approximate surface area is 108 Å². The average Bonchev–Trinajstić information content (AvgIpc) is 2.82. The molecule has 1 aromatic heterocycles. The van der Waals surface area contributed by atoms with Gasteiger partial charge in [0.15, 0.2) is 0 Å². The van der Waals surface area contributed by atoms with Crippen molar-refractivity contribution >= 4 is 0 Å². The molecule has 0 aliphatic carbocycles. The van der Waals surface area contributed by atoms with Gasteiger partial charge in [0.1, 0.15) is 0 Å². The molecular formula is C14H20N4. The molecule has 96 valence electrons. The molecule has 0 saturated carbocycles. The van der Waals surface area contributed by atoms with Crippen molar-refractivity contribution in [1.29, 1.82) is 0 Å². The van der Waals surface area contributed by atoms with Crippen molar-refractivity contribution in [2.75, 3.05) is 0 Å². The zero-order valence-corrected chi connectivity index (χ0v) is 10.9. The predicted molar refractivity (Wildman–Crippen MR) is 72.9 cm³/mol. The molecule has 18 heavy (non-hydrogen) atoms. The average molecular weight is 244 g/mol. The van der Waals surface area contributed by atoms with Crippen molar-refractivity contribution in [2.45, 2.75) is 32.9 Å². The topological polar surface area (TPSA) is 55.9 Å². The molecule has 4 nitrogen and oxygen atoms in total. The molecule has 0 saturated heterocycles. The Kier molecular flexibility index (Phi) is 4.12. The summed E-state index contributed by atoms with van der Waals surface area (Å²) in [7, 11) is 0. The summed E-state index contributed by atoms with van der Waals surface area (Å²) in [4.78, 5) is 0. The summed E-state index contributed by atoms with van der Waals surface area (Å²) in [6, 6.07) is 10.3. The van der Waals surface area contributed by atoms with Crippen LogP contribution in [0.3, 0.4) is 0 Å². The van der Waals surface area contributed by atoms with Crippen molar-refractivity contribution in [2.24, 2.45) is 5.84 Å². The van der Waals surface area contributed by atoms with Gasteiger partial charge in [-0.15, -0.1) is 0 Å². The summed E-state index contributed by atoms with van der Waals surface area (Å²) in [5.74, 6) is 5.74. The molecule has 4 heteroatoms. The number of nitrogens with two attached hydrogens (primary N) is 1. The van der Waals surface area contributed by atoms with E-state index in [-0.39, 0.29) is 6.04 Å². The highest BCUT2D eigenvalue weighted by molar-refractivity contribution is 5.34. The van der Waals surface area contributed by atoms with E-state index in [0.717, 1.165) is 18.7 Å². The van der Waals surface area contributed by atoms with Gasteiger partial charge in [-0.1, -0.05) is 31.2 Å². The van der Waals surface area contributed by atoms with E-state index < -0.39 is 0 Å². The van der Waals surface area contributed by atoms with Crippen molar-refractivity contribution < 1.29 is 0 Å². The number of aromatic nitrogens is 2. The molecule has 2 aromatic rings. The molecule has 0 bridgehead atoms. The molecule has 0 fully saturated rings. The molecule has 0 aliphatic heterocycles. The molecule has 1 unspecified atom stereocenters. The van der Waals surface area contributed by atoms with E-state index in [0.29, 0.717) is 0 Å². The lowest BCUT2D eigenvalue weighted by Crippen LogP contribution is -2.31. The fraction of sp³-hybridized carbons (Fsp3) is 0.357. The van der Waals surface area contributed by atoms with E-state index in [9.17, 15) is 0 Å². The Morgan fingerprint density at radius 1 is 1.33 bits per heavy atom. The van der Waals surface area contributed by atoms with Crippen molar-refractivity contribution in [3.8, 4) is 0 Å². The number of benzene rings is 1. The second kappa shape index (κ2) is 5.80. The van der Waals surface area contributed by atoms with E-state index in [1.807, 2.05) is 29.1 Å². The van der Waals surface area contributed by atoms with Gasteiger partial charge in [-0.05, 0) is 30.5 Å². The Hall–Kier alpha value is -1.65. The van der Waals surface area contributed by atoms with Gasteiger partial charge in [0, 0.05) is 12.7 Å². The normalized spacial score (nSPS) is 12.6. The summed E-state index contributed by atoms with van der Waals surface area (Å²) in [5.41, 5.74) is 6.42. The molecule has 0 aliphatic rings. The Morgan fingerprint density at radius 2 is 2.11 bits per heavy atom. The van der Waals surface area contributed by atoms with Crippen molar-refractivity contribution in [3.05, 3.63) is 53.3 Å². The Bertz CT molecular complexity index is 504. The molecule has 2 rings (SSSR count). The van der Waals surface area contributed by atoms with Gasteiger partial charge in [-0.3, -0.25) is 10.5 Å². The molecule has 0 amide bonds. The molecule has 3 N–H and O–H groups in total. The second-order valence-electron chi connectivity index (χ2n) is 4.44. The van der Waals surface area contributed by atoms with Crippen molar-refractivity contribution in [1.82, 2.24) is 15.2 Å². The van der Waals surface area contributed by atoms with Crippen LogP contribution in [0.1, 0.15) is 36.2 Å². The highest BCUT2D eigenvalue weighted by Gasteiger charge is 2.18. The maximum absolute atomic E-state index is 5.74. The monoisotopic (exact) mass is 244 g/mol. The van der Waals surface area contributed by atoms with Crippen LogP contribution < -0.4 is 11.3 Å². The SMILES string of the molecule is CCCn1nccc1C(NN)c1ccccc1C. The van der Waals surface area contributed by atoms with Crippen LogP contribution in [0.25, 0.3) is 0 Å². The summed E-state index contributed by atoms with van der Waals surface area (Å²) >= 11 is 0. The second-order valence-corrected chi connectivity index (χ2v) is 4.44. The largest absolute Gasteiger partial charge is 0.271 e. The van der Waals surface area contributed by atoms with Gasteiger partial charge in [0.05, 0.1) is 11.7 Å². The van der Waals surface area contributed by atoms with Gasteiger partial charge >= 0.3 is 0 Å². The summed E-state index contributed by atoms with van der Waals surface area (Å²) in [6.07, 6.45) is 2.88. The van der Waals surface area contributed by atoms with Gasteiger partial charge in [0.2, 0.25) is 0 Å². The van der Waals surface area contributed by atoms with E-state index in [1.54, 1.807) is 0 Å². The lowest BCUT2D eigenvalue weighted by molar-refractivity contribution is 0.520. The number of hydrogen-bond acceptors (Lipinski definition) is 3. The number of nitrogens with one attached hydrogen (secondary N) is 1. The van der Waals surface area contributed by atoms with E-state index in [1.165, 1.54) is 11.1 Å². The number of hydrazine groups is 1. The van der Waals surface area contributed by atoms with Crippen LogP contribution in [0.15, 0.2) is 36.5 Å². The fourth-order valence-electron chi connectivity index (χ4n) is 2.23. The molecule has 0 radical (unpaired) electrons. The minimum Gasteiger partial charge on any atom is -0.271 e. The third-order valence-corrected chi connectivity index (χ3v) is 3.15. The fourth-order valence-corrected chi connectivity index (χ4v) is 2.23. The maximum atomic E-state index is 5.74. The number of aryl methyl sites for hydroxylation is 2. The van der Waals surface area contributed by atoms with Crippen LogP contribution in [0, 0.1) is 6.92 Å². The smallest absolute Gasteiger partial charge is 0.0880 e. The quantitative estimate of drug-likeness (QED) is 0.626. The molecule has 1 atom stereocenters. The van der Waals surface area contributed by atoms with Crippen LogP contribution in [0.5, 0.6) is 0 Å². The number of rotatable bonds is 5. The van der Waals surface area contributed by atoms with Gasteiger partial charge in [-0.25, -0.2) is 5.43 Å². The van der Waals surface area contributed by atoms with Gasteiger partial charge < -0.3 is 0 Å². The molecule has 1 heterocycles. The van der Waals surface area contributed by atoms with Crippen LogP contribution in [0.2, 0.25) is 0 Å². The Balaban J connectivity index is 2.39. The van der Waals surface area contributed by atoms with E-state index in [4.69, 9.17) is 5.84 Å². The third kappa shape index (κ3) is 2.44. The summed E-state index contributed by atoms with van der Waals surface area (Å²) in [5, 5.41) is 4.35. The molecule has 1 aromatic carbocycles. The first-order valence-corrected chi connectivity index (χ1v) is 6.31. The maximum Gasteiger partial charge on any atom is 0.0880 e. The first-order valence-electron chi connectivity index (χ1n) is 6.31. The number of hydrogen-bond donors (Lipinski definition) is 2. The lowest BCUT2D eigenvalue weighted by Gasteiger charge is -2.19. The predicted octanol–water partition coefficient (Wildman–Crippen LogP) is 2.15. The minimum atomic E-state index is -0.0137. The Morgan fingerprint density at radius 3 is 2.78 bits per heavy atom. The van der Waals surface area contributed by atoms with Crippen LogP contribution in [0.4, 0.5) is 0 Å². The highest BCUT2D eigenvalue weighted by atomic mass is 15.3. The first-order chi connectivity index (χ1) is 8.77. The standard InChI is InChI=1S/C14H20N4/c1-3-10-18-13(8-9-16-18)14(17-15)12-7-5-4-6-11(12)2/h4-9,14,17H,3,10,15H2,1-2H3. The van der Waals surface area contributed by atoms with Crippen LogP contribution in [-0.4, -0.2) is 9.78 Å². The molecular weight excluding hydrogens is 224 g/mol. The summed E-state index contributed by atoms with van der Waals surface area (Å²) in [6.45, 7) is 5.15. The van der Waals surface area contributed by atoms with Crippen LogP contribution >= 0.6 is 0 Å².